The first-order valence-corrected chi connectivity index (χ1v) is 2.91. The van der Waals surface area contributed by atoms with E-state index in [1.165, 1.54) is 25.7 Å². The summed E-state index contributed by atoms with van der Waals surface area (Å²) in [5.41, 5.74) is 0. The minimum absolute atomic E-state index is 0. The zero-order valence-corrected chi connectivity index (χ0v) is 20.5. The largest absolute Gasteiger partial charge is 0.358 e. The molecule has 0 bridgehead atoms. The van der Waals surface area contributed by atoms with Crippen molar-refractivity contribution in [3.8, 4) is 0 Å². The van der Waals surface area contributed by atoms with Crippen molar-refractivity contribution in [1.29, 1.82) is 0 Å². The Morgan fingerprint density at radius 3 is 0.786 bits per heavy atom. The number of rotatable bonds is 3. The van der Waals surface area contributed by atoms with Crippen LogP contribution in [0.1, 0.15) is 54.4 Å². The molecule has 0 nitrogen and oxygen atoms in total. The van der Waals surface area contributed by atoms with Gasteiger partial charge in [0, 0.05) is 131 Å². The van der Waals surface area contributed by atoms with Crippen molar-refractivity contribution < 1.29 is 131 Å². The summed E-state index contributed by atoms with van der Waals surface area (Å²) < 4.78 is 0. The molecule has 0 aliphatic heterocycles. The second-order valence-electron chi connectivity index (χ2n) is 1.71. The predicted octanol–water partition coefficient (Wildman–Crippen LogP) is 4.75. The molecule has 0 saturated heterocycles. The van der Waals surface area contributed by atoms with Crippen LogP contribution in [0.2, 0.25) is 0 Å². The van der Waals surface area contributed by atoms with E-state index >= 15 is 0 Å². The summed E-state index contributed by atoms with van der Waals surface area (Å²) in [5.74, 6) is 0. The van der Waals surface area contributed by atoms with Gasteiger partial charge in [0.05, 0.1) is 0 Å². The van der Waals surface area contributed by atoms with E-state index in [1.54, 1.807) is 0 Å². The van der Waals surface area contributed by atoms with E-state index in [1.807, 2.05) is 0 Å². The van der Waals surface area contributed by atoms with Crippen LogP contribution in [0.4, 0.5) is 0 Å². The smallest absolute Gasteiger partial charge is 0 e. The first-order chi connectivity index (χ1) is 2.91. The van der Waals surface area contributed by atoms with E-state index in [0.717, 1.165) is 0 Å². The van der Waals surface area contributed by atoms with Gasteiger partial charge < -0.3 is 14.9 Å². The Hall–Kier alpha value is 4.42. The molecule has 0 aromatic rings. The van der Waals surface area contributed by atoms with E-state index in [9.17, 15) is 0 Å². The predicted molar refractivity (Wildman–Crippen MR) is 56.1 cm³/mol. The van der Waals surface area contributed by atoms with Crippen molar-refractivity contribution in [2.24, 2.45) is 0 Å². The molecule has 82 valence electrons. The van der Waals surface area contributed by atoms with Crippen LogP contribution in [0.3, 0.4) is 0 Å². The summed E-state index contributed by atoms with van der Waals surface area (Å²) in [6, 6.07) is 0. The van der Waals surface area contributed by atoms with Gasteiger partial charge in [-0.05, 0) is 0 Å². The van der Waals surface area contributed by atoms with Gasteiger partial charge in [0.15, 0.2) is 0 Å². The SMILES string of the molecule is C.C.CCCCCC.[CH3-].[CH3-].[Y].[Y].[Y].[Y]. The van der Waals surface area contributed by atoms with Crippen molar-refractivity contribution in [2.45, 2.75) is 54.4 Å². The molecule has 0 aromatic heterocycles. The average molecular weight is 504 g/mol. The van der Waals surface area contributed by atoms with Crippen LogP contribution < -0.4 is 0 Å². The Bertz CT molecular complexity index is 24.1. The normalized spacial score (nSPS) is 3.86. The Kier molecular flexibility index (Phi) is 298. The number of hydrogen-bond donors (Lipinski definition) is 0. The molecule has 4 radical (unpaired) electrons. The Balaban J connectivity index is -0.00000000446. The molecule has 14 heavy (non-hydrogen) atoms. The van der Waals surface area contributed by atoms with Crippen LogP contribution in [0, 0.1) is 14.9 Å². The fourth-order valence-electron chi connectivity index (χ4n) is 0.500. The molecule has 4 heteroatoms. The standard InChI is InChI=1S/C6H14.2CH4.2CH3.4Y/c1-3-5-6-4-2;;;;;;;;/h3-6H2,1-2H3;2*1H4;2*1H3;;;;/q;;;2*-1;;;;. The maximum Gasteiger partial charge on any atom is 0 e. The first-order valence-electron chi connectivity index (χ1n) is 2.91. The van der Waals surface area contributed by atoms with Crippen molar-refractivity contribution in [1.82, 2.24) is 0 Å². The minimum atomic E-state index is 0. The van der Waals surface area contributed by atoms with Gasteiger partial charge in [-0.3, -0.25) is 0 Å². The molecule has 0 aliphatic carbocycles. The van der Waals surface area contributed by atoms with Crippen molar-refractivity contribution in [2.75, 3.05) is 0 Å². The fourth-order valence-corrected chi connectivity index (χ4v) is 0.500. The zero-order valence-electron chi connectivity index (χ0n) is 9.14. The summed E-state index contributed by atoms with van der Waals surface area (Å²) in [7, 11) is 0. The second kappa shape index (κ2) is 66.3. The van der Waals surface area contributed by atoms with Gasteiger partial charge in [0.25, 0.3) is 0 Å². The van der Waals surface area contributed by atoms with Gasteiger partial charge in [-0.2, -0.15) is 0 Å². The van der Waals surface area contributed by atoms with Gasteiger partial charge in [-0.1, -0.05) is 54.4 Å². The van der Waals surface area contributed by atoms with E-state index in [2.05, 4.69) is 13.8 Å². The zero-order chi connectivity index (χ0) is 4.83. The summed E-state index contributed by atoms with van der Waals surface area (Å²) in [4.78, 5) is 0. The van der Waals surface area contributed by atoms with Gasteiger partial charge >= 0.3 is 0 Å². The van der Waals surface area contributed by atoms with E-state index in [-0.39, 0.29) is 161 Å². The molecule has 0 heterocycles. The van der Waals surface area contributed by atoms with Crippen molar-refractivity contribution >= 4 is 0 Å². The molecule has 0 aliphatic rings. The van der Waals surface area contributed by atoms with Crippen molar-refractivity contribution in [3.05, 3.63) is 14.9 Å². The van der Waals surface area contributed by atoms with Crippen molar-refractivity contribution in [3.63, 3.8) is 0 Å². The molecule has 0 aromatic carbocycles. The molecule has 0 spiro atoms. The monoisotopic (exact) mass is 504 g/mol. The maximum atomic E-state index is 2.23. The molecule has 0 saturated carbocycles. The topological polar surface area (TPSA) is 0 Å². The Morgan fingerprint density at radius 2 is 0.714 bits per heavy atom. The Morgan fingerprint density at radius 1 is 0.571 bits per heavy atom. The van der Waals surface area contributed by atoms with E-state index in [0.29, 0.717) is 0 Å². The van der Waals surface area contributed by atoms with Gasteiger partial charge in [-0.15, -0.1) is 0 Å². The maximum absolute atomic E-state index is 2.23. The van der Waals surface area contributed by atoms with Gasteiger partial charge in [-0.25, -0.2) is 0 Å². The third-order valence-electron chi connectivity index (χ3n) is 0.957. The fraction of sp³-hybridized carbons (Fsp3) is 0.800. The molecule has 0 amide bonds. The van der Waals surface area contributed by atoms with E-state index in [4.69, 9.17) is 0 Å². The third-order valence-corrected chi connectivity index (χ3v) is 0.957. The number of hydrogen-bond acceptors (Lipinski definition) is 0. The molecular weight excluding hydrogens is 476 g/mol. The quantitative estimate of drug-likeness (QED) is 0.385. The van der Waals surface area contributed by atoms with Gasteiger partial charge in [0.2, 0.25) is 0 Å². The van der Waals surface area contributed by atoms with Crippen LogP contribution >= 0.6 is 0 Å². The van der Waals surface area contributed by atoms with Crippen LogP contribution in [-0.4, -0.2) is 0 Å². The summed E-state index contributed by atoms with van der Waals surface area (Å²) in [6.07, 6.45) is 5.54. The molecule has 0 fully saturated rings. The minimum Gasteiger partial charge on any atom is -0.358 e. The van der Waals surface area contributed by atoms with E-state index < -0.39 is 0 Å². The summed E-state index contributed by atoms with van der Waals surface area (Å²) in [6.45, 7) is 4.46. The summed E-state index contributed by atoms with van der Waals surface area (Å²) in [5, 5.41) is 0. The molecule has 0 rings (SSSR count). The number of unbranched alkanes of at least 4 members (excludes halogenated alkanes) is 3. The molecule has 0 N–H and O–H groups in total. The van der Waals surface area contributed by atoms with Crippen LogP contribution in [-0.2, 0) is 131 Å². The first kappa shape index (κ1) is 63.0. The second-order valence-corrected chi connectivity index (χ2v) is 1.71. The third kappa shape index (κ3) is 70.9. The molecular formula is C10H28Y4-2. The van der Waals surface area contributed by atoms with Crippen LogP contribution in [0.15, 0.2) is 0 Å². The van der Waals surface area contributed by atoms with Crippen LogP contribution in [0.5, 0.6) is 0 Å². The van der Waals surface area contributed by atoms with Crippen LogP contribution in [0.25, 0.3) is 0 Å². The Labute approximate surface area is 196 Å². The average Bonchev–Trinajstić information content (AvgIpc) is 1.61. The molecule has 0 atom stereocenters. The molecule has 0 unspecified atom stereocenters. The summed E-state index contributed by atoms with van der Waals surface area (Å²) >= 11 is 0. The van der Waals surface area contributed by atoms with Gasteiger partial charge in [0.1, 0.15) is 0 Å².